The second-order valence-corrected chi connectivity index (χ2v) is 4.64. The van der Waals surface area contributed by atoms with Crippen molar-refractivity contribution in [3.8, 4) is 0 Å². The van der Waals surface area contributed by atoms with E-state index in [1.54, 1.807) is 0 Å². The number of imidazole rings is 1. The number of fused-ring (bicyclic) bond motifs is 1. The Morgan fingerprint density at radius 2 is 2.24 bits per heavy atom. The van der Waals surface area contributed by atoms with Crippen molar-refractivity contribution < 1.29 is 9.53 Å². The maximum Gasteiger partial charge on any atom is 0.203 e. The summed E-state index contributed by atoms with van der Waals surface area (Å²) in [6.45, 7) is 3.40. The van der Waals surface area contributed by atoms with E-state index in [2.05, 4.69) is 10.3 Å². The fourth-order valence-electron chi connectivity index (χ4n) is 2.68. The Morgan fingerprint density at radius 1 is 1.41 bits per heavy atom. The summed E-state index contributed by atoms with van der Waals surface area (Å²) >= 11 is 0. The van der Waals surface area contributed by atoms with E-state index < -0.39 is 0 Å². The average molecular weight is 235 g/mol. The minimum Gasteiger partial charge on any atom is -0.381 e. The molecule has 3 rings (SSSR count). The number of nitrogens with zero attached hydrogens (tertiary/aromatic N) is 2. The fourth-order valence-corrected chi connectivity index (χ4v) is 2.68. The minimum atomic E-state index is 0.379. The summed E-state index contributed by atoms with van der Waals surface area (Å²) in [5.74, 6) is 1.24. The van der Waals surface area contributed by atoms with Gasteiger partial charge in [-0.15, -0.1) is 0 Å². The molecule has 0 radical (unpaired) electrons. The van der Waals surface area contributed by atoms with Crippen molar-refractivity contribution in [3.63, 3.8) is 0 Å². The van der Waals surface area contributed by atoms with E-state index in [0.29, 0.717) is 5.92 Å². The van der Waals surface area contributed by atoms with Gasteiger partial charge in [-0.3, -0.25) is 4.79 Å². The van der Waals surface area contributed by atoms with Crippen molar-refractivity contribution in [2.24, 2.45) is 0 Å². The maximum absolute atomic E-state index is 11.3. The Balaban J connectivity index is 1.97. The molecule has 1 saturated heterocycles. The zero-order valence-corrected chi connectivity index (χ0v) is 9.82. The van der Waals surface area contributed by atoms with Crippen molar-refractivity contribution in [2.75, 3.05) is 25.1 Å². The van der Waals surface area contributed by atoms with Crippen LogP contribution in [0.1, 0.15) is 41.4 Å². The third-order valence-electron chi connectivity index (χ3n) is 3.60. The first-order valence-corrected chi connectivity index (χ1v) is 6.27. The molecule has 0 bridgehead atoms. The lowest BCUT2D eigenvalue weighted by Gasteiger charge is -2.20. The molecule has 17 heavy (non-hydrogen) atoms. The van der Waals surface area contributed by atoms with Crippen molar-refractivity contribution in [1.29, 1.82) is 0 Å². The number of ether oxygens (including phenoxy) is 1. The normalized spacial score (nSPS) is 20.7. The van der Waals surface area contributed by atoms with Crippen LogP contribution in [0.4, 0.5) is 5.95 Å². The van der Waals surface area contributed by atoms with E-state index >= 15 is 0 Å². The molecule has 0 spiro atoms. The Hall–Kier alpha value is -1.36. The fraction of sp³-hybridized carbons (Fsp3) is 0.667. The molecule has 0 amide bonds. The topological polar surface area (TPSA) is 56.1 Å². The lowest BCUT2D eigenvalue weighted by Crippen LogP contribution is -2.19. The van der Waals surface area contributed by atoms with Gasteiger partial charge in [-0.05, 0) is 19.3 Å². The van der Waals surface area contributed by atoms with Crippen LogP contribution in [0.3, 0.4) is 0 Å². The van der Waals surface area contributed by atoms with Crippen LogP contribution >= 0.6 is 0 Å². The molecule has 1 aromatic heterocycles. The Labute approximate surface area is 100 Å². The number of hydrogen-bond acceptors (Lipinski definition) is 4. The Bertz CT molecular complexity index is 422. The number of aldehydes is 1. The molecule has 0 unspecified atom stereocenters. The van der Waals surface area contributed by atoms with E-state index in [1.807, 2.05) is 4.57 Å². The molecule has 0 aliphatic carbocycles. The number of aromatic nitrogens is 2. The maximum atomic E-state index is 11.3. The number of rotatable bonds is 2. The molecule has 1 N–H and O–H groups in total. The van der Waals surface area contributed by atoms with Gasteiger partial charge in [-0.2, -0.15) is 0 Å². The summed E-state index contributed by atoms with van der Waals surface area (Å²) in [6.07, 6.45) is 3.94. The largest absolute Gasteiger partial charge is 0.381 e. The SMILES string of the molecule is O=Cc1c(C2CCOCC2)nc2n1CCCN2. The highest BCUT2D eigenvalue weighted by molar-refractivity contribution is 5.76. The molecular weight excluding hydrogens is 218 g/mol. The van der Waals surface area contributed by atoms with E-state index in [9.17, 15) is 4.79 Å². The van der Waals surface area contributed by atoms with Crippen molar-refractivity contribution >= 4 is 12.2 Å². The predicted molar refractivity (Wildman–Crippen MR) is 63.5 cm³/mol. The van der Waals surface area contributed by atoms with Gasteiger partial charge in [0.1, 0.15) is 5.69 Å². The lowest BCUT2D eigenvalue weighted by atomic mass is 9.95. The first-order chi connectivity index (χ1) is 8.40. The molecule has 3 heterocycles. The highest BCUT2D eigenvalue weighted by Gasteiger charge is 2.26. The third-order valence-corrected chi connectivity index (χ3v) is 3.60. The molecule has 1 fully saturated rings. The first kappa shape index (κ1) is 10.8. The summed E-state index contributed by atoms with van der Waals surface area (Å²) < 4.78 is 7.37. The molecule has 0 atom stereocenters. The lowest BCUT2D eigenvalue weighted by molar-refractivity contribution is 0.0841. The summed E-state index contributed by atoms with van der Waals surface area (Å²) in [5.41, 5.74) is 1.73. The van der Waals surface area contributed by atoms with Crippen LogP contribution in [0.2, 0.25) is 0 Å². The van der Waals surface area contributed by atoms with Crippen LogP contribution in [-0.4, -0.2) is 35.6 Å². The van der Waals surface area contributed by atoms with E-state index in [4.69, 9.17) is 4.74 Å². The van der Waals surface area contributed by atoms with Gasteiger partial charge >= 0.3 is 0 Å². The predicted octanol–water partition coefficient (Wildman–Crippen LogP) is 1.41. The molecule has 5 nitrogen and oxygen atoms in total. The number of carbonyl (C=O) groups is 1. The quantitative estimate of drug-likeness (QED) is 0.787. The van der Waals surface area contributed by atoms with Gasteiger partial charge in [-0.1, -0.05) is 0 Å². The van der Waals surface area contributed by atoms with Gasteiger partial charge < -0.3 is 14.6 Å². The van der Waals surface area contributed by atoms with Crippen molar-refractivity contribution in [2.45, 2.75) is 31.7 Å². The summed E-state index contributed by atoms with van der Waals surface area (Å²) in [5, 5.41) is 3.26. The van der Waals surface area contributed by atoms with Gasteiger partial charge in [0.2, 0.25) is 5.95 Å². The molecule has 2 aliphatic rings. The number of anilines is 1. The van der Waals surface area contributed by atoms with Crippen LogP contribution in [0.15, 0.2) is 0 Å². The van der Waals surface area contributed by atoms with Crippen LogP contribution in [0.25, 0.3) is 0 Å². The van der Waals surface area contributed by atoms with Gasteiger partial charge in [0.25, 0.3) is 0 Å². The average Bonchev–Trinajstić information content (AvgIpc) is 2.78. The number of nitrogens with one attached hydrogen (secondary N) is 1. The molecule has 5 heteroatoms. The van der Waals surface area contributed by atoms with Crippen molar-refractivity contribution in [3.05, 3.63) is 11.4 Å². The summed E-state index contributed by atoms with van der Waals surface area (Å²) in [6, 6.07) is 0. The van der Waals surface area contributed by atoms with Gasteiger partial charge in [0, 0.05) is 32.2 Å². The second-order valence-electron chi connectivity index (χ2n) is 4.64. The van der Waals surface area contributed by atoms with E-state index in [0.717, 1.165) is 69.2 Å². The van der Waals surface area contributed by atoms with Crippen molar-refractivity contribution in [1.82, 2.24) is 9.55 Å². The zero-order valence-electron chi connectivity index (χ0n) is 9.82. The third kappa shape index (κ3) is 1.84. The minimum absolute atomic E-state index is 0.379. The Morgan fingerprint density at radius 3 is 3.00 bits per heavy atom. The van der Waals surface area contributed by atoms with Crippen LogP contribution in [0.5, 0.6) is 0 Å². The highest BCUT2D eigenvalue weighted by atomic mass is 16.5. The molecule has 0 aromatic carbocycles. The molecular formula is C12H17N3O2. The standard InChI is InChI=1S/C12H17N3O2/c16-8-10-11(9-2-6-17-7-3-9)14-12-13-4-1-5-15(10)12/h8-9H,1-7H2,(H,13,14). The molecule has 92 valence electrons. The smallest absolute Gasteiger partial charge is 0.203 e. The zero-order chi connectivity index (χ0) is 11.7. The Kier molecular flexibility index (Phi) is 2.84. The van der Waals surface area contributed by atoms with E-state index in [-0.39, 0.29) is 0 Å². The second kappa shape index (κ2) is 4.49. The molecule has 2 aliphatic heterocycles. The van der Waals surface area contributed by atoms with E-state index in [1.165, 1.54) is 0 Å². The number of carbonyl (C=O) groups excluding carboxylic acids is 1. The molecule has 0 saturated carbocycles. The van der Waals surface area contributed by atoms with Gasteiger partial charge in [0.05, 0.1) is 5.69 Å². The van der Waals surface area contributed by atoms with Crippen LogP contribution in [-0.2, 0) is 11.3 Å². The summed E-state index contributed by atoms with van der Waals surface area (Å²) in [4.78, 5) is 15.9. The highest BCUT2D eigenvalue weighted by Crippen LogP contribution is 2.31. The monoisotopic (exact) mass is 235 g/mol. The first-order valence-electron chi connectivity index (χ1n) is 6.27. The van der Waals surface area contributed by atoms with Gasteiger partial charge in [0.15, 0.2) is 6.29 Å². The van der Waals surface area contributed by atoms with Gasteiger partial charge in [-0.25, -0.2) is 4.98 Å². The molecule has 1 aromatic rings. The van der Waals surface area contributed by atoms with Crippen LogP contribution in [0, 0.1) is 0 Å². The number of hydrogen-bond donors (Lipinski definition) is 1. The summed E-state index contributed by atoms with van der Waals surface area (Å²) in [7, 11) is 0. The van der Waals surface area contributed by atoms with Crippen LogP contribution < -0.4 is 5.32 Å².